The number of rotatable bonds is 5. The summed E-state index contributed by atoms with van der Waals surface area (Å²) in [6.07, 6.45) is 6.35. The van der Waals surface area contributed by atoms with Gasteiger partial charge in [-0.3, -0.25) is 4.79 Å². The van der Waals surface area contributed by atoms with Crippen molar-refractivity contribution >= 4 is 11.7 Å². The number of hydrogen-bond acceptors (Lipinski definition) is 8. The van der Waals surface area contributed by atoms with E-state index >= 15 is 0 Å². The Morgan fingerprint density at radius 1 is 1.03 bits per heavy atom. The number of methoxy groups -OCH3 is 1. The van der Waals surface area contributed by atoms with Gasteiger partial charge in [0.15, 0.2) is 11.6 Å². The lowest BCUT2D eigenvalue weighted by molar-refractivity contribution is -0.188. The molecule has 0 atom stereocenters. The van der Waals surface area contributed by atoms with Crippen LogP contribution in [0.1, 0.15) is 25.7 Å². The Hall–Kier alpha value is -2.91. The predicted molar refractivity (Wildman–Crippen MR) is 120 cm³/mol. The second kappa shape index (κ2) is 9.52. The number of anilines is 1. The lowest BCUT2D eigenvalue weighted by Crippen LogP contribution is -2.50. The van der Waals surface area contributed by atoms with E-state index in [1.807, 2.05) is 29.2 Å². The Balaban J connectivity index is 1.19. The fourth-order valence-electron chi connectivity index (χ4n) is 4.83. The van der Waals surface area contributed by atoms with Gasteiger partial charge in [0.25, 0.3) is 5.88 Å². The molecule has 9 heteroatoms. The van der Waals surface area contributed by atoms with Crippen LogP contribution in [0.5, 0.6) is 17.4 Å². The second-order valence-corrected chi connectivity index (χ2v) is 8.66. The van der Waals surface area contributed by atoms with Crippen molar-refractivity contribution in [1.29, 1.82) is 0 Å². The van der Waals surface area contributed by atoms with Crippen molar-refractivity contribution in [3.8, 4) is 17.4 Å². The predicted octanol–water partition coefficient (Wildman–Crippen LogP) is 2.86. The minimum atomic E-state index is -0.453. The van der Waals surface area contributed by atoms with E-state index in [4.69, 9.17) is 18.9 Å². The maximum atomic E-state index is 13.1. The number of carbonyl (C=O) groups is 1. The fourth-order valence-corrected chi connectivity index (χ4v) is 4.83. The highest BCUT2D eigenvalue weighted by Crippen LogP contribution is 2.34. The Labute approximate surface area is 193 Å². The molecule has 0 radical (unpaired) electrons. The third-order valence-corrected chi connectivity index (χ3v) is 6.70. The lowest BCUT2D eigenvalue weighted by Gasteiger charge is -2.40. The lowest BCUT2D eigenvalue weighted by atomic mass is 9.93. The first kappa shape index (κ1) is 21.9. The molecule has 1 amide bonds. The molecule has 5 rings (SSSR count). The number of carbonyl (C=O) groups excluding carboxylic acids is 1. The molecule has 1 spiro atoms. The Morgan fingerprint density at radius 3 is 2.45 bits per heavy atom. The SMILES string of the molecule is COc1cccc(Oc2nccnc2N2CCC(C(=O)N3CCC4(CC3)OCCO4)CC2)c1. The van der Waals surface area contributed by atoms with Gasteiger partial charge in [0, 0.05) is 63.4 Å². The van der Waals surface area contributed by atoms with Gasteiger partial charge in [-0.05, 0) is 25.0 Å². The highest BCUT2D eigenvalue weighted by Gasteiger charge is 2.42. The highest BCUT2D eigenvalue weighted by atomic mass is 16.7. The third-order valence-electron chi connectivity index (χ3n) is 6.70. The van der Waals surface area contributed by atoms with E-state index in [9.17, 15) is 4.79 Å². The molecule has 1 aromatic heterocycles. The van der Waals surface area contributed by atoms with Gasteiger partial charge in [0.05, 0.1) is 20.3 Å². The Kier molecular flexibility index (Phi) is 6.32. The molecule has 3 fully saturated rings. The number of piperidine rings is 2. The maximum Gasteiger partial charge on any atom is 0.263 e. The van der Waals surface area contributed by atoms with Crippen molar-refractivity contribution in [1.82, 2.24) is 14.9 Å². The zero-order valence-electron chi connectivity index (χ0n) is 18.9. The van der Waals surface area contributed by atoms with Gasteiger partial charge in [-0.25, -0.2) is 9.97 Å². The van der Waals surface area contributed by atoms with E-state index in [1.54, 1.807) is 19.5 Å². The van der Waals surface area contributed by atoms with Crippen LogP contribution in [0.15, 0.2) is 36.7 Å². The van der Waals surface area contributed by atoms with Crippen LogP contribution in [0, 0.1) is 5.92 Å². The number of nitrogens with zero attached hydrogens (tertiary/aromatic N) is 4. The summed E-state index contributed by atoms with van der Waals surface area (Å²) >= 11 is 0. The average Bonchev–Trinajstić information content (AvgIpc) is 3.32. The van der Waals surface area contributed by atoms with Crippen molar-refractivity contribution in [3.05, 3.63) is 36.7 Å². The van der Waals surface area contributed by atoms with Crippen LogP contribution >= 0.6 is 0 Å². The van der Waals surface area contributed by atoms with Crippen LogP contribution in [0.4, 0.5) is 5.82 Å². The minimum absolute atomic E-state index is 0.0279. The molecule has 1 aromatic carbocycles. The summed E-state index contributed by atoms with van der Waals surface area (Å²) < 4.78 is 22.9. The van der Waals surface area contributed by atoms with E-state index < -0.39 is 5.79 Å². The number of aromatic nitrogens is 2. The molecule has 9 nitrogen and oxygen atoms in total. The van der Waals surface area contributed by atoms with Crippen LogP contribution in [-0.2, 0) is 14.3 Å². The first-order valence-corrected chi connectivity index (χ1v) is 11.6. The van der Waals surface area contributed by atoms with Crippen LogP contribution < -0.4 is 14.4 Å². The topological polar surface area (TPSA) is 86.3 Å². The third kappa shape index (κ3) is 4.74. The Bertz CT molecular complexity index is 963. The molecule has 3 saturated heterocycles. The second-order valence-electron chi connectivity index (χ2n) is 8.66. The van der Waals surface area contributed by atoms with Gasteiger partial charge >= 0.3 is 0 Å². The van der Waals surface area contributed by atoms with Crippen LogP contribution in [0.2, 0.25) is 0 Å². The Morgan fingerprint density at radius 2 is 1.73 bits per heavy atom. The van der Waals surface area contributed by atoms with Gasteiger partial charge in [0.2, 0.25) is 5.91 Å². The molecular formula is C24H30N4O5. The van der Waals surface area contributed by atoms with Gasteiger partial charge in [-0.1, -0.05) is 6.07 Å². The average molecular weight is 455 g/mol. The molecular weight excluding hydrogens is 424 g/mol. The number of likely N-dealkylation sites (tertiary alicyclic amines) is 1. The van der Waals surface area contributed by atoms with Gasteiger partial charge in [-0.15, -0.1) is 0 Å². The molecule has 2 aromatic rings. The summed E-state index contributed by atoms with van der Waals surface area (Å²) in [5, 5.41) is 0. The molecule has 33 heavy (non-hydrogen) atoms. The van der Waals surface area contributed by atoms with Crippen LogP contribution in [0.3, 0.4) is 0 Å². The summed E-state index contributed by atoms with van der Waals surface area (Å²) in [4.78, 5) is 26.2. The van der Waals surface area contributed by atoms with E-state index in [0.29, 0.717) is 49.5 Å². The largest absolute Gasteiger partial charge is 0.497 e. The molecule has 4 heterocycles. The van der Waals surface area contributed by atoms with Gasteiger partial charge in [-0.2, -0.15) is 0 Å². The molecule has 0 bridgehead atoms. The van der Waals surface area contributed by atoms with Crippen LogP contribution in [0.25, 0.3) is 0 Å². The molecule has 3 aliphatic rings. The standard InChI is InChI=1S/C24H30N4O5/c1-30-19-3-2-4-20(17-19)33-22-21(25-9-10-26-22)27-11-5-18(6-12-27)23(29)28-13-7-24(8-14-28)31-15-16-32-24/h2-4,9-10,17-18H,5-8,11-16H2,1H3. The maximum absolute atomic E-state index is 13.1. The highest BCUT2D eigenvalue weighted by molar-refractivity contribution is 5.79. The zero-order chi connectivity index (χ0) is 22.7. The van der Waals surface area contributed by atoms with Crippen molar-refractivity contribution in [2.75, 3.05) is 51.4 Å². The summed E-state index contributed by atoms with van der Waals surface area (Å²) in [6, 6.07) is 7.40. The summed E-state index contributed by atoms with van der Waals surface area (Å²) in [6.45, 7) is 4.15. The van der Waals surface area contributed by atoms with E-state index in [-0.39, 0.29) is 11.8 Å². The van der Waals surface area contributed by atoms with E-state index in [2.05, 4.69) is 14.9 Å². The summed E-state index contributed by atoms with van der Waals surface area (Å²) in [7, 11) is 1.62. The van der Waals surface area contributed by atoms with Crippen molar-refractivity contribution in [2.24, 2.45) is 5.92 Å². The number of benzene rings is 1. The van der Waals surface area contributed by atoms with Crippen molar-refractivity contribution < 1.29 is 23.7 Å². The first-order valence-electron chi connectivity index (χ1n) is 11.6. The number of ether oxygens (including phenoxy) is 4. The number of hydrogen-bond donors (Lipinski definition) is 0. The zero-order valence-corrected chi connectivity index (χ0v) is 18.9. The molecule has 176 valence electrons. The molecule has 0 N–H and O–H groups in total. The quantitative estimate of drug-likeness (QED) is 0.682. The van der Waals surface area contributed by atoms with Gasteiger partial charge < -0.3 is 28.7 Å². The monoisotopic (exact) mass is 454 g/mol. The van der Waals surface area contributed by atoms with Crippen molar-refractivity contribution in [3.63, 3.8) is 0 Å². The van der Waals surface area contributed by atoms with Gasteiger partial charge in [0.1, 0.15) is 11.5 Å². The number of amides is 1. The fraction of sp³-hybridized carbons (Fsp3) is 0.542. The molecule has 3 aliphatic heterocycles. The normalized spacial score (nSPS) is 20.8. The first-order chi connectivity index (χ1) is 16.2. The van der Waals surface area contributed by atoms with E-state index in [1.165, 1.54) is 0 Å². The smallest absolute Gasteiger partial charge is 0.263 e. The molecule has 0 unspecified atom stereocenters. The minimum Gasteiger partial charge on any atom is -0.497 e. The summed E-state index contributed by atoms with van der Waals surface area (Å²) in [5.74, 6) is 2.32. The summed E-state index contributed by atoms with van der Waals surface area (Å²) in [5.41, 5.74) is 0. The van der Waals surface area contributed by atoms with Crippen molar-refractivity contribution in [2.45, 2.75) is 31.5 Å². The molecule has 0 saturated carbocycles. The van der Waals surface area contributed by atoms with Crippen LogP contribution in [-0.4, -0.2) is 73.1 Å². The molecule has 0 aliphatic carbocycles. The van der Waals surface area contributed by atoms with E-state index in [0.717, 1.165) is 38.8 Å².